The first-order valence-corrected chi connectivity index (χ1v) is 5.65. The van der Waals surface area contributed by atoms with Gasteiger partial charge in [0.05, 0.1) is 6.54 Å². The van der Waals surface area contributed by atoms with E-state index in [4.69, 9.17) is 4.42 Å². The van der Waals surface area contributed by atoms with Crippen LogP contribution in [0, 0.1) is 13.8 Å². The lowest BCUT2D eigenvalue weighted by Gasteiger charge is -2.13. The first kappa shape index (κ1) is 10.2. The lowest BCUT2D eigenvalue weighted by molar-refractivity contribution is 0.481. The molecule has 0 N–H and O–H groups in total. The van der Waals surface area contributed by atoms with Crippen LogP contribution in [0.1, 0.15) is 16.4 Å². The number of aryl methyl sites for hydroxylation is 2. The Morgan fingerprint density at radius 2 is 2.20 bits per heavy atom. The van der Waals surface area contributed by atoms with Gasteiger partial charge in [0.1, 0.15) is 11.5 Å². The Balaban J connectivity index is 2.06. The molecular formula is C11H14N2OS. The maximum absolute atomic E-state index is 5.52. The normalized spacial score (nSPS) is 10.6. The van der Waals surface area contributed by atoms with Crippen LogP contribution in [0.15, 0.2) is 22.7 Å². The number of furan rings is 1. The summed E-state index contributed by atoms with van der Waals surface area (Å²) in [5.74, 6) is 1.93. The van der Waals surface area contributed by atoms with Crippen LogP contribution >= 0.6 is 11.3 Å². The molecule has 0 bridgehead atoms. The van der Waals surface area contributed by atoms with E-state index < -0.39 is 0 Å². The van der Waals surface area contributed by atoms with Crippen LogP contribution in [0.25, 0.3) is 0 Å². The molecule has 0 radical (unpaired) electrons. The largest absolute Gasteiger partial charge is 0.464 e. The number of hydrogen-bond acceptors (Lipinski definition) is 4. The second-order valence-corrected chi connectivity index (χ2v) is 4.84. The predicted molar refractivity (Wildman–Crippen MR) is 62.4 cm³/mol. The molecule has 0 saturated carbocycles. The Bertz CT molecular complexity index is 447. The summed E-state index contributed by atoms with van der Waals surface area (Å²) in [5, 5.41) is 1.03. The molecule has 0 unspecified atom stereocenters. The summed E-state index contributed by atoms with van der Waals surface area (Å²) in [6.45, 7) is 4.78. The third-order valence-corrected chi connectivity index (χ3v) is 3.15. The molecule has 0 atom stereocenters. The molecule has 0 fully saturated rings. The standard InChI is InChI=1S/C11H14N2OS/c1-8-4-5-10(14-8)7-13(3)11-12-6-9(2)15-11/h4-6H,7H2,1-3H3. The number of nitrogens with zero attached hydrogens (tertiary/aromatic N) is 2. The SMILES string of the molecule is Cc1ccc(CN(C)c2ncc(C)s2)o1. The van der Waals surface area contributed by atoms with Gasteiger partial charge >= 0.3 is 0 Å². The van der Waals surface area contributed by atoms with Gasteiger partial charge in [-0.15, -0.1) is 11.3 Å². The second kappa shape index (κ2) is 4.06. The number of anilines is 1. The highest BCUT2D eigenvalue weighted by Crippen LogP contribution is 2.22. The molecule has 0 aliphatic rings. The highest BCUT2D eigenvalue weighted by molar-refractivity contribution is 7.15. The van der Waals surface area contributed by atoms with Crippen LogP contribution in [-0.4, -0.2) is 12.0 Å². The van der Waals surface area contributed by atoms with Crippen LogP contribution in [0.3, 0.4) is 0 Å². The van der Waals surface area contributed by atoms with Gasteiger partial charge in [0, 0.05) is 18.1 Å². The van der Waals surface area contributed by atoms with E-state index >= 15 is 0 Å². The molecule has 4 heteroatoms. The fourth-order valence-corrected chi connectivity index (χ4v) is 2.11. The number of hydrogen-bond donors (Lipinski definition) is 0. The molecule has 80 valence electrons. The van der Waals surface area contributed by atoms with Crippen molar-refractivity contribution in [2.75, 3.05) is 11.9 Å². The molecule has 0 aliphatic carbocycles. The maximum Gasteiger partial charge on any atom is 0.185 e. The van der Waals surface area contributed by atoms with E-state index in [0.717, 1.165) is 23.2 Å². The van der Waals surface area contributed by atoms with Crippen molar-refractivity contribution in [1.29, 1.82) is 0 Å². The van der Waals surface area contributed by atoms with Crippen LogP contribution in [0.5, 0.6) is 0 Å². The number of aromatic nitrogens is 1. The fraction of sp³-hybridized carbons (Fsp3) is 0.364. The summed E-state index contributed by atoms with van der Waals surface area (Å²) >= 11 is 1.70. The van der Waals surface area contributed by atoms with E-state index in [2.05, 4.69) is 16.8 Å². The summed E-state index contributed by atoms with van der Waals surface area (Å²) < 4.78 is 5.52. The van der Waals surface area contributed by atoms with E-state index in [1.54, 1.807) is 11.3 Å². The number of rotatable bonds is 3. The van der Waals surface area contributed by atoms with Crippen molar-refractivity contribution in [2.45, 2.75) is 20.4 Å². The van der Waals surface area contributed by atoms with Crippen molar-refractivity contribution in [3.63, 3.8) is 0 Å². The zero-order valence-electron chi connectivity index (χ0n) is 9.15. The minimum atomic E-state index is 0.765. The topological polar surface area (TPSA) is 29.3 Å². The van der Waals surface area contributed by atoms with E-state index in [0.29, 0.717) is 0 Å². The second-order valence-electron chi connectivity index (χ2n) is 3.62. The smallest absolute Gasteiger partial charge is 0.185 e. The summed E-state index contributed by atoms with van der Waals surface area (Å²) in [4.78, 5) is 7.64. The molecular weight excluding hydrogens is 208 g/mol. The molecule has 0 amide bonds. The van der Waals surface area contributed by atoms with Crippen molar-refractivity contribution in [2.24, 2.45) is 0 Å². The Morgan fingerprint density at radius 3 is 2.73 bits per heavy atom. The molecule has 0 spiro atoms. The molecule has 0 saturated heterocycles. The molecule has 2 aromatic heterocycles. The quantitative estimate of drug-likeness (QED) is 0.799. The zero-order valence-corrected chi connectivity index (χ0v) is 9.97. The molecule has 3 nitrogen and oxygen atoms in total. The lowest BCUT2D eigenvalue weighted by atomic mass is 10.4. The third-order valence-electron chi connectivity index (χ3n) is 2.12. The van der Waals surface area contributed by atoms with E-state index in [1.165, 1.54) is 4.88 Å². The average molecular weight is 222 g/mol. The van der Waals surface area contributed by atoms with Crippen molar-refractivity contribution in [3.05, 3.63) is 34.7 Å². The van der Waals surface area contributed by atoms with Crippen LogP contribution < -0.4 is 4.90 Å². The van der Waals surface area contributed by atoms with Gasteiger partial charge in [0.2, 0.25) is 0 Å². The highest BCUT2D eigenvalue weighted by atomic mass is 32.1. The molecule has 15 heavy (non-hydrogen) atoms. The predicted octanol–water partition coefficient (Wildman–Crippen LogP) is 2.99. The van der Waals surface area contributed by atoms with Gasteiger partial charge in [-0.3, -0.25) is 0 Å². The first-order valence-electron chi connectivity index (χ1n) is 4.84. The van der Waals surface area contributed by atoms with Crippen molar-refractivity contribution >= 4 is 16.5 Å². The fourth-order valence-electron chi connectivity index (χ4n) is 1.39. The Morgan fingerprint density at radius 1 is 1.40 bits per heavy atom. The van der Waals surface area contributed by atoms with Crippen LogP contribution in [0.4, 0.5) is 5.13 Å². The molecule has 2 rings (SSSR count). The average Bonchev–Trinajstić information content (AvgIpc) is 2.75. The number of thiazole rings is 1. The van der Waals surface area contributed by atoms with Gasteiger partial charge in [-0.25, -0.2) is 4.98 Å². The van der Waals surface area contributed by atoms with Gasteiger partial charge in [-0.1, -0.05) is 0 Å². The van der Waals surface area contributed by atoms with Gasteiger partial charge in [0.25, 0.3) is 0 Å². The summed E-state index contributed by atoms with van der Waals surface area (Å²) in [7, 11) is 2.02. The van der Waals surface area contributed by atoms with Crippen LogP contribution in [-0.2, 0) is 6.54 Å². The molecule has 2 aromatic rings. The Kier molecular flexibility index (Phi) is 2.77. The Labute approximate surface area is 93.4 Å². The monoisotopic (exact) mass is 222 g/mol. The Hall–Kier alpha value is -1.29. The van der Waals surface area contributed by atoms with E-state index in [9.17, 15) is 0 Å². The molecule has 0 aromatic carbocycles. The minimum Gasteiger partial charge on any atom is -0.464 e. The lowest BCUT2D eigenvalue weighted by Crippen LogP contribution is -2.15. The van der Waals surface area contributed by atoms with Gasteiger partial charge in [0.15, 0.2) is 5.13 Å². The summed E-state index contributed by atoms with van der Waals surface area (Å²) in [6.07, 6.45) is 1.89. The summed E-state index contributed by atoms with van der Waals surface area (Å²) in [5.41, 5.74) is 0. The molecule has 0 aliphatic heterocycles. The zero-order chi connectivity index (χ0) is 10.8. The van der Waals surface area contributed by atoms with Crippen molar-refractivity contribution < 1.29 is 4.42 Å². The van der Waals surface area contributed by atoms with Gasteiger partial charge < -0.3 is 9.32 Å². The minimum absolute atomic E-state index is 0.765. The van der Waals surface area contributed by atoms with E-state index in [1.807, 2.05) is 32.3 Å². The first-order chi connectivity index (χ1) is 7.15. The van der Waals surface area contributed by atoms with E-state index in [-0.39, 0.29) is 0 Å². The van der Waals surface area contributed by atoms with Gasteiger partial charge in [-0.05, 0) is 26.0 Å². The van der Waals surface area contributed by atoms with Crippen LogP contribution in [0.2, 0.25) is 0 Å². The summed E-state index contributed by atoms with van der Waals surface area (Å²) in [6, 6.07) is 3.99. The maximum atomic E-state index is 5.52. The third kappa shape index (κ3) is 2.39. The highest BCUT2D eigenvalue weighted by Gasteiger charge is 2.07. The van der Waals surface area contributed by atoms with Crippen molar-refractivity contribution in [3.8, 4) is 0 Å². The van der Waals surface area contributed by atoms with Crippen molar-refractivity contribution in [1.82, 2.24) is 4.98 Å². The molecule has 2 heterocycles. The van der Waals surface area contributed by atoms with Gasteiger partial charge in [-0.2, -0.15) is 0 Å².